The molecule has 0 N–H and O–H groups in total. The number of carbonyl (C=O) groups is 1. The van der Waals surface area contributed by atoms with Crippen molar-refractivity contribution in [3.05, 3.63) is 32.8 Å². The molecule has 0 aliphatic rings. The summed E-state index contributed by atoms with van der Waals surface area (Å²) in [5, 5.41) is 11.5. The number of carboxylic acid groups (broad SMARTS) is 1. The third-order valence-electron chi connectivity index (χ3n) is 1.86. The minimum absolute atomic E-state index is 0. The van der Waals surface area contributed by atoms with Gasteiger partial charge < -0.3 is 9.90 Å². The normalized spacial score (nSPS) is 11.7. The van der Waals surface area contributed by atoms with Crippen LogP contribution in [0.5, 0.6) is 0 Å². The zero-order valence-electron chi connectivity index (χ0n) is 8.18. The molecule has 1 atom stereocenters. The van der Waals surface area contributed by atoms with Crippen molar-refractivity contribution in [2.45, 2.75) is 12.8 Å². The molecule has 0 heterocycles. The van der Waals surface area contributed by atoms with Crippen LogP contribution in [-0.4, -0.2) is 5.97 Å². The summed E-state index contributed by atoms with van der Waals surface area (Å²) in [5.41, 5.74) is 0.404. The fraction of sp³-hybridized carbons (Fsp3) is 0.222. The van der Waals surface area contributed by atoms with Crippen LogP contribution in [0.25, 0.3) is 0 Å². The van der Waals surface area contributed by atoms with Crippen LogP contribution in [0.15, 0.2) is 12.1 Å². The van der Waals surface area contributed by atoms with Gasteiger partial charge in [0.1, 0.15) is 0 Å². The quantitative estimate of drug-likeness (QED) is 0.539. The van der Waals surface area contributed by atoms with Crippen LogP contribution in [0.3, 0.4) is 0 Å². The maximum Gasteiger partial charge on any atom is 1.00 e. The Morgan fingerprint density at radius 2 is 1.67 bits per heavy atom. The maximum absolute atomic E-state index is 10.6. The topological polar surface area (TPSA) is 40.1 Å². The molecule has 0 saturated carbocycles. The average molecular weight is 275 g/mol. The van der Waals surface area contributed by atoms with Gasteiger partial charge >= 0.3 is 29.6 Å². The summed E-state index contributed by atoms with van der Waals surface area (Å²) in [5.74, 6) is -2.01. The van der Waals surface area contributed by atoms with Gasteiger partial charge in [0.25, 0.3) is 0 Å². The van der Waals surface area contributed by atoms with E-state index in [2.05, 4.69) is 0 Å². The molecule has 0 radical (unpaired) electrons. The Labute approximate surface area is 125 Å². The zero-order chi connectivity index (χ0) is 10.9. The molecule has 15 heavy (non-hydrogen) atoms. The van der Waals surface area contributed by atoms with E-state index < -0.39 is 11.9 Å². The third-order valence-corrected chi connectivity index (χ3v) is 2.91. The second kappa shape index (κ2) is 6.33. The van der Waals surface area contributed by atoms with Gasteiger partial charge in [-0.05, 0) is 17.7 Å². The second-order valence-corrected chi connectivity index (χ2v) is 4.05. The molecule has 6 heteroatoms. The molecule has 0 bridgehead atoms. The standard InChI is InChI=1S/C9H7Cl3O2.Na/c1-4(9(13)14)5-2-7(11)8(12)3-6(5)10;/h2-4H,1H3,(H,13,14);/q;+1/p-1. The Bertz CT molecular complexity index is 382. The largest absolute Gasteiger partial charge is 1.00 e. The Balaban J connectivity index is 0.00000196. The number of hydrogen-bond acceptors (Lipinski definition) is 2. The van der Waals surface area contributed by atoms with E-state index >= 15 is 0 Å². The third kappa shape index (κ3) is 3.81. The van der Waals surface area contributed by atoms with Crippen molar-refractivity contribution < 1.29 is 39.5 Å². The summed E-state index contributed by atoms with van der Waals surface area (Å²) in [6, 6.07) is 2.85. The maximum atomic E-state index is 10.6. The Hall–Kier alpha value is 0.560. The number of carboxylic acids is 1. The molecule has 0 aliphatic carbocycles. The van der Waals surface area contributed by atoms with Crippen LogP contribution in [0.4, 0.5) is 0 Å². The fourth-order valence-corrected chi connectivity index (χ4v) is 1.72. The second-order valence-electron chi connectivity index (χ2n) is 2.83. The van der Waals surface area contributed by atoms with Gasteiger partial charge in [-0.1, -0.05) is 41.7 Å². The number of rotatable bonds is 2. The van der Waals surface area contributed by atoms with Crippen molar-refractivity contribution in [2.75, 3.05) is 0 Å². The van der Waals surface area contributed by atoms with Crippen LogP contribution in [0.1, 0.15) is 18.4 Å². The predicted octanol–water partition coefficient (Wildman–Crippen LogP) is -0.496. The number of carbonyl (C=O) groups excluding carboxylic acids is 1. The van der Waals surface area contributed by atoms with Crippen LogP contribution in [0, 0.1) is 0 Å². The SMILES string of the molecule is CC(C(=O)[O-])c1cc(Cl)c(Cl)cc1Cl.[Na+]. The molecule has 0 fully saturated rings. The molecule has 0 spiro atoms. The zero-order valence-corrected chi connectivity index (χ0v) is 12.5. The Kier molecular flexibility index (Phi) is 6.57. The number of hydrogen-bond donors (Lipinski definition) is 0. The van der Waals surface area contributed by atoms with Crippen molar-refractivity contribution in [3.8, 4) is 0 Å². The van der Waals surface area contributed by atoms with E-state index in [0.29, 0.717) is 10.6 Å². The van der Waals surface area contributed by atoms with Crippen molar-refractivity contribution in [1.29, 1.82) is 0 Å². The van der Waals surface area contributed by atoms with Crippen molar-refractivity contribution in [2.24, 2.45) is 0 Å². The molecule has 1 aromatic rings. The monoisotopic (exact) mass is 274 g/mol. The minimum atomic E-state index is -1.20. The molecule has 0 amide bonds. The molecule has 76 valence electrons. The van der Waals surface area contributed by atoms with Crippen LogP contribution >= 0.6 is 34.8 Å². The van der Waals surface area contributed by atoms with Gasteiger partial charge in [0.2, 0.25) is 0 Å². The molecular formula is C9H6Cl3NaO2. The summed E-state index contributed by atoms with van der Waals surface area (Å²) in [7, 11) is 0. The molecule has 1 rings (SSSR count). The van der Waals surface area contributed by atoms with Gasteiger partial charge in [-0.2, -0.15) is 0 Å². The van der Waals surface area contributed by atoms with E-state index in [4.69, 9.17) is 34.8 Å². The van der Waals surface area contributed by atoms with Gasteiger partial charge in [-0.3, -0.25) is 0 Å². The fourth-order valence-electron chi connectivity index (χ4n) is 0.997. The number of aliphatic carboxylic acids is 1. The van der Waals surface area contributed by atoms with Gasteiger partial charge in [-0.15, -0.1) is 0 Å². The van der Waals surface area contributed by atoms with E-state index in [9.17, 15) is 9.90 Å². The Morgan fingerprint density at radius 1 is 1.20 bits per heavy atom. The molecule has 0 saturated heterocycles. The van der Waals surface area contributed by atoms with Gasteiger partial charge in [0.05, 0.1) is 10.0 Å². The average Bonchev–Trinajstić information content (AvgIpc) is 2.10. The summed E-state index contributed by atoms with van der Waals surface area (Å²) < 4.78 is 0. The summed E-state index contributed by atoms with van der Waals surface area (Å²) in [4.78, 5) is 10.6. The molecule has 0 aromatic heterocycles. The van der Waals surface area contributed by atoms with Crippen LogP contribution in [0.2, 0.25) is 15.1 Å². The van der Waals surface area contributed by atoms with Crippen molar-refractivity contribution in [3.63, 3.8) is 0 Å². The van der Waals surface area contributed by atoms with E-state index in [1.807, 2.05) is 0 Å². The first-order valence-electron chi connectivity index (χ1n) is 3.78. The van der Waals surface area contributed by atoms with E-state index in [1.165, 1.54) is 19.1 Å². The number of halogens is 3. The minimum Gasteiger partial charge on any atom is -0.550 e. The Morgan fingerprint density at radius 3 is 2.13 bits per heavy atom. The van der Waals surface area contributed by atoms with Gasteiger partial charge in [0, 0.05) is 16.9 Å². The van der Waals surface area contributed by atoms with Crippen molar-refractivity contribution >= 4 is 40.8 Å². The molecule has 2 nitrogen and oxygen atoms in total. The summed E-state index contributed by atoms with van der Waals surface area (Å²) >= 11 is 17.2. The van der Waals surface area contributed by atoms with E-state index in [-0.39, 0.29) is 39.6 Å². The first kappa shape index (κ1) is 15.6. The van der Waals surface area contributed by atoms with E-state index in [1.54, 1.807) is 0 Å². The summed E-state index contributed by atoms with van der Waals surface area (Å²) in [6.07, 6.45) is 0. The first-order valence-corrected chi connectivity index (χ1v) is 4.92. The van der Waals surface area contributed by atoms with Gasteiger partial charge in [0.15, 0.2) is 0 Å². The van der Waals surface area contributed by atoms with Crippen LogP contribution < -0.4 is 34.7 Å². The molecule has 0 aliphatic heterocycles. The number of benzene rings is 1. The van der Waals surface area contributed by atoms with E-state index in [0.717, 1.165) is 0 Å². The molecular weight excluding hydrogens is 269 g/mol. The first-order chi connectivity index (χ1) is 6.43. The molecule has 1 unspecified atom stereocenters. The predicted molar refractivity (Wildman–Crippen MR) is 54.9 cm³/mol. The summed E-state index contributed by atoms with van der Waals surface area (Å²) in [6.45, 7) is 1.47. The van der Waals surface area contributed by atoms with Crippen LogP contribution in [-0.2, 0) is 4.79 Å². The van der Waals surface area contributed by atoms with Crippen molar-refractivity contribution in [1.82, 2.24) is 0 Å². The molecule has 1 aromatic carbocycles. The smallest absolute Gasteiger partial charge is 0.550 e. The van der Waals surface area contributed by atoms with Gasteiger partial charge in [-0.25, -0.2) is 0 Å².